The van der Waals surface area contributed by atoms with Crippen LogP contribution in [0.4, 0.5) is 0 Å². The van der Waals surface area contributed by atoms with E-state index in [4.69, 9.17) is 9.15 Å². The van der Waals surface area contributed by atoms with Crippen LogP contribution in [0.2, 0.25) is 0 Å². The van der Waals surface area contributed by atoms with Crippen LogP contribution in [-0.2, 0) is 6.61 Å². The average molecular weight is 497 g/mol. The molecule has 1 aliphatic heterocycles. The number of likely N-dealkylation sites (N-methyl/N-ethyl adjacent to an activating group) is 1. The highest BCUT2D eigenvalue weighted by Gasteiger charge is 2.42. The molecule has 37 heavy (non-hydrogen) atoms. The fraction of sp³-hybridized carbons (Fsp3) is 0.290. The molecule has 1 atom stereocenters. The average Bonchev–Trinajstić information content (AvgIpc) is 3.21. The molecule has 0 fully saturated rings. The van der Waals surface area contributed by atoms with Crippen LogP contribution >= 0.6 is 0 Å². The molecule has 0 saturated carbocycles. The summed E-state index contributed by atoms with van der Waals surface area (Å²) in [4.78, 5) is 31.4. The fourth-order valence-electron chi connectivity index (χ4n) is 4.99. The van der Waals surface area contributed by atoms with Gasteiger partial charge in [-0.2, -0.15) is 0 Å². The summed E-state index contributed by atoms with van der Waals surface area (Å²) in [7, 11) is 0. The Labute approximate surface area is 217 Å². The molecule has 2 heterocycles. The molecule has 1 unspecified atom stereocenters. The number of fused-ring (bicyclic) bond motifs is 2. The molecule has 3 aromatic carbocycles. The molecule has 6 heteroatoms. The summed E-state index contributed by atoms with van der Waals surface area (Å²) in [5.74, 6) is 0.638. The largest absolute Gasteiger partial charge is 0.489 e. The van der Waals surface area contributed by atoms with Gasteiger partial charge < -0.3 is 19.0 Å². The minimum absolute atomic E-state index is 0.145. The molecule has 190 valence electrons. The van der Waals surface area contributed by atoms with Crippen LogP contribution in [0.5, 0.6) is 5.75 Å². The second kappa shape index (κ2) is 10.6. The first-order chi connectivity index (χ1) is 18.0. The zero-order chi connectivity index (χ0) is 25.9. The van der Waals surface area contributed by atoms with Crippen LogP contribution in [0, 0.1) is 6.92 Å². The summed E-state index contributed by atoms with van der Waals surface area (Å²) in [5.41, 5.74) is 3.63. The highest BCUT2D eigenvalue weighted by molar-refractivity contribution is 5.99. The summed E-state index contributed by atoms with van der Waals surface area (Å²) < 4.78 is 12.0. The van der Waals surface area contributed by atoms with Gasteiger partial charge in [-0.1, -0.05) is 67.9 Å². The molecule has 1 aliphatic rings. The van der Waals surface area contributed by atoms with E-state index in [0.29, 0.717) is 36.2 Å². The third kappa shape index (κ3) is 4.89. The third-order valence-electron chi connectivity index (χ3n) is 7.12. The lowest BCUT2D eigenvalue weighted by atomic mass is 9.98. The lowest BCUT2D eigenvalue weighted by Gasteiger charge is -2.28. The lowest BCUT2D eigenvalue weighted by Crippen LogP contribution is -2.37. The Bertz CT molecular complexity index is 1460. The maximum Gasteiger partial charge on any atom is 0.290 e. The van der Waals surface area contributed by atoms with Crippen molar-refractivity contribution in [1.29, 1.82) is 0 Å². The number of nitrogens with zero attached hydrogens (tertiary/aromatic N) is 2. The number of aryl methyl sites for hydroxylation is 1. The fourth-order valence-corrected chi connectivity index (χ4v) is 4.99. The molecule has 1 aromatic heterocycles. The number of hydrogen-bond donors (Lipinski definition) is 0. The van der Waals surface area contributed by atoms with E-state index in [-0.39, 0.29) is 17.1 Å². The van der Waals surface area contributed by atoms with E-state index in [9.17, 15) is 9.59 Å². The van der Waals surface area contributed by atoms with Gasteiger partial charge in [0.15, 0.2) is 5.43 Å². The van der Waals surface area contributed by atoms with Gasteiger partial charge in [-0.3, -0.25) is 9.59 Å². The number of benzene rings is 3. The predicted octanol–water partition coefficient (Wildman–Crippen LogP) is 5.57. The van der Waals surface area contributed by atoms with Crippen LogP contribution in [0.3, 0.4) is 0 Å². The van der Waals surface area contributed by atoms with Crippen molar-refractivity contribution in [3.8, 4) is 5.75 Å². The topological polar surface area (TPSA) is 63.0 Å². The molecule has 4 aromatic rings. The maximum atomic E-state index is 13.8. The van der Waals surface area contributed by atoms with Crippen molar-refractivity contribution >= 4 is 16.9 Å². The van der Waals surface area contributed by atoms with Gasteiger partial charge in [-0.25, -0.2) is 0 Å². The van der Waals surface area contributed by atoms with Crippen molar-refractivity contribution in [2.45, 2.75) is 33.4 Å². The first-order valence-electron chi connectivity index (χ1n) is 12.9. The van der Waals surface area contributed by atoms with Crippen molar-refractivity contribution in [2.75, 3.05) is 26.2 Å². The molecule has 0 radical (unpaired) electrons. The van der Waals surface area contributed by atoms with Gasteiger partial charge in [-0.05, 0) is 55.4 Å². The quantitative estimate of drug-likeness (QED) is 0.303. The smallest absolute Gasteiger partial charge is 0.290 e. The molecule has 0 N–H and O–H groups in total. The molecule has 6 nitrogen and oxygen atoms in total. The van der Waals surface area contributed by atoms with E-state index in [1.165, 1.54) is 0 Å². The van der Waals surface area contributed by atoms with Crippen LogP contribution < -0.4 is 10.2 Å². The Morgan fingerprint density at radius 3 is 2.38 bits per heavy atom. The molecule has 1 amide bonds. The van der Waals surface area contributed by atoms with E-state index < -0.39 is 6.04 Å². The van der Waals surface area contributed by atoms with Crippen molar-refractivity contribution in [2.24, 2.45) is 0 Å². The number of carbonyl (C=O) groups excluding carboxylic acids is 1. The van der Waals surface area contributed by atoms with Crippen LogP contribution in [-0.4, -0.2) is 41.9 Å². The minimum atomic E-state index is -0.512. The third-order valence-corrected chi connectivity index (χ3v) is 7.12. The molecule has 0 saturated heterocycles. The Kier molecular flexibility index (Phi) is 7.10. The lowest BCUT2D eigenvalue weighted by molar-refractivity contribution is 0.0708. The van der Waals surface area contributed by atoms with Crippen molar-refractivity contribution in [3.05, 3.63) is 111 Å². The molecule has 0 spiro atoms. The van der Waals surface area contributed by atoms with Gasteiger partial charge in [0.05, 0.1) is 17.0 Å². The first-order valence-corrected chi connectivity index (χ1v) is 12.9. The van der Waals surface area contributed by atoms with Gasteiger partial charge in [-0.15, -0.1) is 0 Å². The monoisotopic (exact) mass is 496 g/mol. The van der Waals surface area contributed by atoms with Gasteiger partial charge in [0.2, 0.25) is 5.76 Å². The number of carbonyl (C=O) groups is 1. The van der Waals surface area contributed by atoms with Gasteiger partial charge >= 0.3 is 0 Å². The van der Waals surface area contributed by atoms with Crippen LogP contribution in [0.1, 0.15) is 52.7 Å². The Hall–Kier alpha value is -3.90. The number of amides is 1. The molecule has 0 bridgehead atoms. The maximum absolute atomic E-state index is 13.8. The van der Waals surface area contributed by atoms with E-state index in [1.807, 2.05) is 73.7 Å². The van der Waals surface area contributed by atoms with E-state index in [1.54, 1.807) is 11.0 Å². The highest BCUT2D eigenvalue weighted by Crippen LogP contribution is 2.38. The number of ether oxygens (including phenoxy) is 1. The van der Waals surface area contributed by atoms with E-state index >= 15 is 0 Å². The highest BCUT2D eigenvalue weighted by atomic mass is 16.5. The Morgan fingerprint density at radius 1 is 0.946 bits per heavy atom. The van der Waals surface area contributed by atoms with Gasteiger partial charge in [0.25, 0.3) is 5.91 Å². The van der Waals surface area contributed by atoms with E-state index in [2.05, 4.69) is 18.7 Å². The normalized spacial score (nSPS) is 15.0. The van der Waals surface area contributed by atoms with Crippen molar-refractivity contribution < 1.29 is 13.9 Å². The van der Waals surface area contributed by atoms with Crippen LogP contribution in [0.25, 0.3) is 11.0 Å². The summed E-state index contributed by atoms with van der Waals surface area (Å²) >= 11 is 0. The van der Waals surface area contributed by atoms with Crippen LogP contribution in [0.15, 0.2) is 82.0 Å². The molecular weight excluding hydrogens is 464 g/mol. The van der Waals surface area contributed by atoms with Crippen molar-refractivity contribution in [1.82, 2.24) is 9.80 Å². The Morgan fingerprint density at radius 2 is 1.68 bits per heavy atom. The number of rotatable bonds is 9. The van der Waals surface area contributed by atoms with Crippen molar-refractivity contribution in [3.63, 3.8) is 0 Å². The second-order valence-corrected chi connectivity index (χ2v) is 9.44. The minimum Gasteiger partial charge on any atom is -0.489 e. The molecular formula is C31H32N2O4. The summed E-state index contributed by atoms with van der Waals surface area (Å²) in [6.07, 6.45) is 0. The van der Waals surface area contributed by atoms with E-state index in [0.717, 1.165) is 35.5 Å². The second-order valence-electron chi connectivity index (χ2n) is 9.44. The molecule has 0 aliphatic carbocycles. The SMILES string of the molecule is CCN(CC)CCN1C(=O)c2oc3ccc(C)cc3c(=O)c2C1c1ccc(OCc2ccccc2)cc1. The zero-order valence-electron chi connectivity index (χ0n) is 21.6. The first kappa shape index (κ1) is 24.8. The Balaban J connectivity index is 1.51. The van der Waals surface area contributed by atoms with Gasteiger partial charge in [0.1, 0.15) is 17.9 Å². The standard InChI is InChI=1S/C31H32N2O4/c1-4-32(5-2)17-18-33-28(23-12-14-24(15-13-23)36-20-22-9-7-6-8-10-22)27-29(34)25-19-21(3)11-16-26(25)37-30(27)31(33)35/h6-16,19,28H,4-5,17-18,20H2,1-3H3. The number of hydrogen-bond acceptors (Lipinski definition) is 5. The van der Waals surface area contributed by atoms with Gasteiger partial charge in [0, 0.05) is 13.1 Å². The predicted molar refractivity (Wildman–Crippen MR) is 145 cm³/mol. The summed E-state index contributed by atoms with van der Waals surface area (Å²) in [6.45, 7) is 9.62. The summed E-state index contributed by atoms with van der Waals surface area (Å²) in [5, 5.41) is 0.505. The zero-order valence-corrected chi connectivity index (χ0v) is 21.6. The molecule has 5 rings (SSSR count). The summed E-state index contributed by atoms with van der Waals surface area (Å²) in [6, 6.07) is 22.7.